The zero-order chi connectivity index (χ0) is 15.6. The monoisotopic (exact) mass is 288 g/mol. The summed E-state index contributed by atoms with van der Waals surface area (Å²) in [6.45, 7) is 4.00. The standard InChI is InChI=1S/2C9H7N.C2H6/c1-2-6-9-8(4-1)5-3-7-10-9;1-2-4-9-7-10-6-5-8(9)3-1;1-2/h2*1-7H;1-2H3. The number of para-hydroxylation sites is 1. The molecule has 0 fully saturated rings. The summed E-state index contributed by atoms with van der Waals surface area (Å²) in [5, 5.41) is 3.65. The number of fused-ring (bicyclic) bond motifs is 2. The van der Waals surface area contributed by atoms with Gasteiger partial charge in [0.1, 0.15) is 0 Å². The van der Waals surface area contributed by atoms with E-state index in [0.717, 1.165) is 5.52 Å². The van der Waals surface area contributed by atoms with Gasteiger partial charge in [-0.15, -0.1) is 0 Å². The van der Waals surface area contributed by atoms with Crippen LogP contribution < -0.4 is 0 Å². The highest BCUT2D eigenvalue weighted by molar-refractivity contribution is 5.81. The van der Waals surface area contributed by atoms with Gasteiger partial charge in [0.05, 0.1) is 5.52 Å². The first kappa shape index (κ1) is 15.6. The maximum Gasteiger partial charge on any atom is 0.0701 e. The maximum atomic E-state index is 4.18. The van der Waals surface area contributed by atoms with Crippen molar-refractivity contribution >= 4 is 21.7 Å². The molecule has 2 heteroatoms. The number of nitrogens with zero attached hydrogens (tertiary/aromatic N) is 2. The molecule has 0 aliphatic heterocycles. The van der Waals surface area contributed by atoms with Crippen molar-refractivity contribution in [3.63, 3.8) is 0 Å². The largest absolute Gasteiger partial charge is 0.264 e. The Morgan fingerprint density at radius 1 is 0.591 bits per heavy atom. The van der Waals surface area contributed by atoms with Crippen LogP contribution >= 0.6 is 0 Å². The molecule has 0 saturated carbocycles. The molecule has 0 amide bonds. The fourth-order valence-electron chi connectivity index (χ4n) is 2.04. The van der Waals surface area contributed by atoms with E-state index in [0.29, 0.717) is 0 Å². The van der Waals surface area contributed by atoms with Crippen molar-refractivity contribution in [1.82, 2.24) is 9.97 Å². The molecular formula is C20H20N2. The fraction of sp³-hybridized carbons (Fsp3) is 0.100. The topological polar surface area (TPSA) is 25.8 Å². The van der Waals surface area contributed by atoms with Crippen LogP contribution in [0.3, 0.4) is 0 Å². The number of rotatable bonds is 0. The molecule has 2 aromatic heterocycles. The normalized spacial score (nSPS) is 9.36. The predicted octanol–water partition coefficient (Wildman–Crippen LogP) is 5.50. The highest BCUT2D eigenvalue weighted by atomic mass is 14.6. The van der Waals surface area contributed by atoms with Gasteiger partial charge in [-0.3, -0.25) is 9.97 Å². The molecule has 0 spiro atoms. The number of benzene rings is 2. The van der Waals surface area contributed by atoms with Gasteiger partial charge in [-0.25, -0.2) is 0 Å². The SMILES string of the molecule is CC.c1ccc2cnccc2c1.c1ccc2ncccc2c1. The molecule has 0 atom stereocenters. The van der Waals surface area contributed by atoms with Crippen LogP contribution in [-0.2, 0) is 0 Å². The third-order valence-corrected chi connectivity index (χ3v) is 3.06. The van der Waals surface area contributed by atoms with Gasteiger partial charge in [0.25, 0.3) is 0 Å². The van der Waals surface area contributed by atoms with Crippen molar-refractivity contribution in [2.24, 2.45) is 0 Å². The van der Waals surface area contributed by atoms with Crippen LogP contribution in [0.2, 0.25) is 0 Å². The lowest BCUT2D eigenvalue weighted by Gasteiger charge is -1.91. The zero-order valence-electron chi connectivity index (χ0n) is 13.0. The van der Waals surface area contributed by atoms with Crippen molar-refractivity contribution in [2.75, 3.05) is 0 Å². The van der Waals surface area contributed by atoms with Crippen molar-refractivity contribution in [3.05, 3.63) is 85.3 Å². The Bertz CT molecular complexity index is 623. The number of aromatic nitrogens is 2. The van der Waals surface area contributed by atoms with Crippen molar-refractivity contribution in [1.29, 1.82) is 0 Å². The van der Waals surface area contributed by atoms with Crippen LogP contribution in [0, 0.1) is 0 Å². The minimum absolute atomic E-state index is 1.06. The summed E-state index contributed by atoms with van der Waals surface area (Å²) < 4.78 is 0. The van der Waals surface area contributed by atoms with E-state index < -0.39 is 0 Å². The van der Waals surface area contributed by atoms with Crippen molar-refractivity contribution in [3.8, 4) is 0 Å². The Balaban J connectivity index is 0.000000144. The van der Waals surface area contributed by atoms with Gasteiger partial charge in [-0.05, 0) is 29.0 Å². The summed E-state index contributed by atoms with van der Waals surface area (Å²) in [5.41, 5.74) is 1.06. The van der Waals surface area contributed by atoms with E-state index in [2.05, 4.69) is 34.2 Å². The molecule has 4 rings (SSSR count). The Labute approximate surface area is 131 Å². The highest BCUT2D eigenvalue weighted by Gasteiger charge is 1.87. The molecule has 2 aromatic carbocycles. The molecule has 0 bridgehead atoms. The quantitative estimate of drug-likeness (QED) is 0.427. The second-order valence-electron chi connectivity index (χ2n) is 4.42. The summed E-state index contributed by atoms with van der Waals surface area (Å²) in [5.74, 6) is 0. The van der Waals surface area contributed by atoms with Crippen LogP contribution in [0.4, 0.5) is 0 Å². The number of hydrogen-bond acceptors (Lipinski definition) is 2. The smallest absolute Gasteiger partial charge is 0.0701 e. The van der Waals surface area contributed by atoms with E-state index in [1.54, 1.807) is 0 Å². The minimum Gasteiger partial charge on any atom is -0.264 e. The summed E-state index contributed by atoms with van der Waals surface area (Å²) >= 11 is 0. The fourth-order valence-corrected chi connectivity index (χ4v) is 2.04. The second-order valence-corrected chi connectivity index (χ2v) is 4.42. The van der Waals surface area contributed by atoms with Gasteiger partial charge in [-0.2, -0.15) is 0 Å². The van der Waals surface area contributed by atoms with Crippen molar-refractivity contribution in [2.45, 2.75) is 13.8 Å². The van der Waals surface area contributed by atoms with E-state index >= 15 is 0 Å². The molecule has 0 aliphatic carbocycles. The summed E-state index contributed by atoms with van der Waals surface area (Å²) in [4.78, 5) is 8.19. The summed E-state index contributed by atoms with van der Waals surface area (Å²) in [7, 11) is 0. The van der Waals surface area contributed by atoms with E-state index in [1.807, 2.05) is 74.9 Å². The Morgan fingerprint density at radius 2 is 1.23 bits per heavy atom. The van der Waals surface area contributed by atoms with Crippen LogP contribution in [0.5, 0.6) is 0 Å². The summed E-state index contributed by atoms with van der Waals surface area (Å²) in [6, 6.07) is 22.3. The lowest BCUT2D eigenvalue weighted by Crippen LogP contribution is -1.73. The summed E-state index contributed by atoms with van der Waals surface area (Å²) in [6.07, 6.45) is 5.49. The molecule has 0 aliphatic rings. The molecule has 2 heterocycles. The van der Waals surface area contributed by atoms with Crippen LogP contribution in [0.1, 0.15) is 13.8 Å². The molecule has 4 aromatic rings. The van der Waals surface area contributed by atoms with E-state index in [-0.39, 0.29) is 0 Å². The lowest BCUT2D eigenvalue weighted by molar-refractivity contribution is 1.36. The highest BCUT2D eigenvalue weighted by Crippen LogP contribution is 2.09. The molecule has 2 nitrogen and oxygen atoms in total. The van der Waals surface area contributed by atoms with Gasteiger partial charge >= 0.3 is 0 Å². The molecule has 0 unspecified atom stereocenters. The molecule has 0 N–H and O–H groups in total. The Kier molecular flexibility index (Phi) is 6.06. The maximum absolute atomic E-state index is 4.18. The lowest BCUT2D eigenvalue weighted by atomic mass is 10.2. The molecule has 110 valence electrons. The number of hydrogen-bond donors (Lipinski definition) is 0. The Morgan fingerprint density at radius 3 is 1.95 bits per heavy atom. The molecule has 0 radical (unpaired) electrons. The average Bonchev–Trinajstić information content (AvgIpc) is 2.64. The van der Waals surface area contributed by atoms with Gasteiger partial charge in [-0.1, -0.05) is 62.4 Å². The third kappa shape index (κ3) is 4.13. The third-order valence-electron chi connectivity index (χ3n) is 3.06. The van der Waals surface area contributed by atoms with E-state index in [4.69, 9.17) is 0 Å². The number of pyridine rings is 2. The molecular weight excluding hydrogens is 268 g/mol. The first-order valence-electron chi connectivity index (χ1n) is 7.52. The van der Waals surface area contributed by atoms with Gasteiger partial charge in [0.2, 0.25) is 0 Å². The van der Waals surface area contributed by atoms with Crippen LogP contribution in [0.25, 0.3) is 21.7 Å². The van der Waals surface area contributed by atoms with Gasteiger partial charge in [0, 0.05) is 24.0 Å². The van der Waals surface area contributed by atoms with Gasteiger partial charge in [0.15, 0.2) is 0 Å². The first-order valence-corrected chi connectivity index (χ1v) is 7.52. The van der Waals surface area contributed by atoms with Crippen LogP contribution in [-0.4, -0.2) is 9.97 Å². The predicted molar refractivity (Wildman–Crippen MR) is 94.8 cm³/mol. The average molecular weight is 288 g/mol. The minimum atomic E-state index is 1.06. The van der Waals surface area contributed by atoms with E-state index in [9.17, 15) is 0 Å². The zero-order valence-corrected chi connectivity index (χ0v) is 13.0. The van der Waals surface area contributed by atoms with Gasteiger partial charge < -0.3 is 0 Å². The van der Waals surface area contributed by atoms with E-state index in [1.165, 1.54) is 16.2 Å². The van der Waals surface area contributed by atoms with Crippen molar-refractivity contribution < 1.29 is 0 Å². The van der Waals surface area contributed by atoms with Crippen LogP contribution in [0.15, 0.2) is 85.3 Å². The Hall–Kier alpha value is -2.74. The first-order chi connectivity index (χ1) is 10.9. The molecule has 22 heavy (non-hydrogen) atoms. The second kappa shape index (κ2) is 8.53. The molecule has 0 saturated heterocycles.